The molecule has 76 valence electrons. The molecule has 0 saturated carbocycles. The molecule has 0 spiro atoms. The minimum atomic E-state index is -0.177. The van der Waals surface area contributed by atoms with Crippen LogP contribution in [0.2, 0.25) is 5.02 Å². The Labute approximate surface area is 90.7 Å². The predicted octanol–water partition coefficient (Wildman–Crippen LogP) is 1.98. The molecule has 1 unspecified atom stereocenters. The third-order valence-electron chi connectivity index (χ3n) is 2.10. The van der Waals surface area contributed by atoms with E-state index in [1.165, 1.54) is 4.90 Å². The summed E-state index contributed by atoms with van der Waals surface area (Å²) >= 11 is 11.8. The molecule has 1 atom stereocenters. The molecule has 1 amide bonds. The Bertz CT molecular complexity index is 377. The fourth-order valence-corrected chi connectivity index (χ4v) is 1.82. The predicted molar refractivity (Wildman–Crippen MR) is 52.9 cm³/mol. The molecule has 0 bridgehead atoms. The zero-order chi connectivity index (χ0) is 10.3. The monoisotopic (exact) mass is 234 g/mol. The minimum absolute atomic E-state index is 0.0805. The number of nitrogens with zero attached hydrogens (tertiary/aromatic N) is 2. The number of rotatable bonds is 1. The molecule has 2 rings (SSSR count). The van der Waals surface area contributed by atoms with Gasteiger partial charge in [-0.25, -0.2) is 0 Å². The second kappa shape index (κ2) is 3.44. The van der Waals surface area contributed by atoms with Crippen molar-refractivity contribution in [1.29, 1.82) is 0 Å². The Morgan fingerprint density at radius 3 is 2.79 bits per heavy atom. The van der Waals surface area contributed by atoms with Gasteiger partial charge in [0.15, 0.2) is 0 Å². The normalized spacial score (nSPS) is 22.1. The number of hydrogen-bond donors (Lipinski definition) is 0. The first kappa shape index (κ1) is 9.80. The Hall–Kier alpha value is -0.740. The number of alkyl halides is 1. The van der Waals surface area contributed by atoms with Crippen LogP contribution >= 0.6 is 23.2 Å². The molecule has 1 aromatic rings. The highest BCUT2D eigenvalue weighted by Gasteiger charge is 2.33. The molecular formula is C8H8Cl2N2O2. The van der Waals surface area contributed by atoms with Gasteiger partial charge >= 0.3 is 0 Å². The minimum Gasteiger partial charge on any atom is -0.336 e. The van der Waals surface area contributed by atoms with Crippen molar-refractivity contribution in [1.82, 2.24) is 5.16 Å². The summed E-state index contributed by atoms with van der Waals surface area (Å²) < 4.78 is 4.96. The maximum Gasteiger partial charge on any atom is 0.252 e. The number of carbonyl (C=O) groups excluding carboxylic acids is 1. The van der Waals surface area contributed by atoms with Crippen molar-refractivity contribution in [3.05, 3.63) is 10.7 Å². The average Bonchev–Trinajstić information content (AvgIpc) is 2.59. The summed E-state index contributed by atoms with van der Waals surface area (Å²) in [6.45, 7) is 2.14. The van der Waals surface area contributed by atoms with Gasteiger partial charge in [-0.15, -0.1) is 11.6 Å². The topological polar surface area (TPSA) is 46.3 Å². The van der Waals surface area contributed by atoms with Crippen LogP contribution in [0.5, 0.6) is 0 Å². The fraction of sp³-hybridized carbons (Fsp3) is 0.500. The molecule has 0 aromatic carbocycles. The maximum absolute atomic E-state index is 11.4. The molecule has 2 heterocycles. The molecular weight excluding hydrogens is 227 g/mol. The van der Waals surface area contributed by atoms with E-state index in [0.717, 1.165) is 0 Å². The number of carbonyl (C=O) groups is 1. The van der Waals surface area contributed by atoms with Crippen LogP contribution in [0.15, 0.2) is 4.52 Å². The highest BCUT2D eigenvalue weighted by molar-refractivity contribution is 6.34. The van der Waals surface area contributed by atoms with Gasteiger partial charge in [-0.1, -0.05) is 16.8 Å². The number of aromatic nitrogens is 1. The van der Waals surface area contributed by atoms with Gasteiger partial charge in [0.2, 0.25) is 5.91 Å². The molecule has 1 aromatic heterocycles. The number of halogens is 2. The lowest BCUT2D eigenvalue weighted by molar-refractivity contribution is -0.117. The van der Waals surface area contributed by atoms with E-state index < -0.39 is 0 Å². The van der Waals surface area contributed by atoms with Crippen molar-refractivity contribution in [3.8, 4) is 0 Å². The summed E-state index contributed by atoms with van der Waals surface area (Å²) in [4.78, 5) is 12.9. The molecule has 0 aliphatic carbocycles. The van der Waals surface area contributed by atoms with E-state index in [1.54, 1.807) is 6.92 Å². The van der Waals surface area contributed by atoms with E-state index in [9.17, 15) is 4.79 Å². The van der Waals surface area contributed by atoms with Crippen molar-refractivity contribution in [2.45, 2.75) is 18.7 Å². The molecule has 1 saturated heterocycles. The smallest absolute Gasteiger partial charge is 0.252 e. The Kier molecular flexibility index (Phi) is 2.41. The average molecular weight is 235 g/mol. The lowest BCUT2D eigenvalue weighted by atomic mass is 10.4. The van der Waals surface area contributed by atoms with Crippen LogP contribution < -0.4 is 4.90 Å². The van der Waals surface area contributed by atoms with Crippen LogP contribution in [0, 0.1) is 6.92 Å². The molecule has 0 radical (unpaired) electrons. The van der Waals surface area contributed by atoms with Crippen LogP contribution in [0.25, 0.3) is 0 Å². The van der Waals surface area contributed by atoms with Gasteiger partial charge in [0, 0.05) is 13.0 Å². The second-order valence-electron chi connectivity index (χ2n) is 3.19. The van der Waals surface area contributed by atoms with Crippen molar-refractivity contribution in [2.24, 2.45) is 0 Å². The summed E-state index contributed by atoms with van der Waals surface area (Å²) in [6, 6.07) is 0. The van der Waals surface area contributed by atoms with E-state index in [-0.39, 0.29) is 11.3 Å². The van der Waals surface area contributed by atoms with Gasteiger partial charge < -0.3 is 4.52 Å². The van der Waals surface area contributed by atoms with E-state index in [0.29, 0.717) is 29.6 Å². The molecule has 1 fully saturated rings. The summed E-state index contributed by atoms with van der Waals surface area (Å²) in [5.74, 6) is 0.223. The van der Waals surface area contributed by atoms with Crippen LogP contribution in [0.1, 0.15) is 12.1 Å². The fourth-order valence-electron chi connectivity index (χ4n) is 1.37. The Morgan fingerprint density at radius 1 is 1.64 bits per heavy atom. The van der Waals surface area contributed by atoms with Crippen LogP contribution in [0.3, 0.4) is 0 Å². The lowest BCUT2D eigenvalue weighted by Gasteiger charge is -2.10. The standard InChI is InChI=1S/C8H8Cl2N2O2/c1-4-7(10)8(14-11-4)12-3-5(9)2-6(12)13/h5H,2-3H2,1H3. The molecule has 1 aliphatic heterocycles. The van der Waals surface area contributed by atoms with E-state index >= 15 is 0 Å². The Morgan fingerprint density at radius 2 is 2.36 bits per heavy atom. The quantitative estimate of drug-likeness (QED) is 0.699. The zero-order valence-corrected chi connectivity index (χ0v) is 8.97. The third kappa shape index (κ3) is 1.48. The third-order valence-corrected chi connectivity index (χ3v) is 2.82. The molecule has 0 N–H and O–H groups in total. The summed E-state index contributed by atoms with van der Waals surface area (Å²) in [7, 11) is 0. The highest BCUT2D eigenvalue weighted by Crippen LogP contribution is 2.32. The van der Waals surface area contributed by atoms with Crippen molar-refractivity contribution < 1.29 is 9.32 Å². The van der Waals surface area contributed by atoms with Gasteiger partial charge in [-0.2, -0.15) is 0 Å². The van der Waals surface area contributed by atoms with Gasteiger partial charge in [0.25, 0.3) is 5.88 Å². The van der Waals surface area contributed by atoms with Gasteiger partial charge in [-0.3, -0.25) is 9.69 Å². The van der Waals surface area contributed by atoms with Crippen molar-refractivity contribution in [2.75, 3.05) is 11.4 Å². The first-order valence-corrected chi connectivity index (χ1v) is 4.97. The first-order chi connectivity index (χ1) is 6.59. The number of hydrogen-bond acceptors (Lipinski definition) is 3. The van der Waals surface area contributed by atoms with Crippen LogP contribution in [-0.4, -0.2) is 23.0 Å². The summed E-state index contributed by atoms with van der Waals surface area (Å²) in [6.07, 6.45) is 0.317. The van der Waals surface area contributed by atoms with E-state index in [4.69, 9.17) is 27.7 Å². The molecule has 1 aliphatic rings. The van der Waals surface area contributed by atoms with Crippen molar-refractivity contribution >= 4 is 35.0 Å². The lowest BCUT2D eigenvalue weighted by Crippen LogP contribution is -2.24. The molecule has 14 heavy (non-hydrogen) atoms. The number of aryl methyl sites for hydroxylation is 1. The van der Waals surface area contributed by atoms with E-state index in [1.807, 2.05) is 0 Å². The summed E-state index contributed by atoms with van der Waals surface area (Å²) in [5.41, 5.74) is 0.576. The van der Waals surface area contributed by atoms with Crippen LogP contribution in [-0.2, 0) is 4.79 Å². The number of amides is 1. The van der Waals surface area contributed by atoms with Gasteiger partial charge in [0.1, 0.15) is 10.7 Å². The second-order valence-corrected chi connectivity index (χ2v) is 4.19. The maximum atomic E-state index is 11.4. The Balaban J connectivity index is 2.32. The zero-order valence-electron chi connectivity index (χ0n) is 7.46. The molecule has 6 heteroatoms. The first-order valence-electron chi connectivity index (χ1n) is 4.16. The van der Waals surface area contributed by atoms with Crippen molar-refractivity contribution in [3.63, 3.8) is 0 Å². The van der Waals surface area contributed by atoms with Gasteiger partial charge in [-0.05, 0) is 6.92 Å². The SMILES string of the molecule is Cc1noc(N2CC(Cl)CC2=O)c1Cl. The number of anilines is 1. The molecule has 4 nitrogen and oxygen atoms in total. The van der Waals surface area contributed by atoms with Crippen LogP contribution in [0.4, 0.5) is 5.88 Å². The van der Waals surface area contributed by atoms with E-state index in [2.05, 4.69) is 5.16 Å². The summed E-state index contributed by atoms with van der Waals surface area (Å²) in [5, 5.41) is 3.88. The van der Waals surface area contributed by atoms with Gasteiger partial charge in [0.05, 0.1) is 5.38 Å². The highest BCUT2D eigenvalue weighted by atomic mass is 35.5. The largest absolute Gasteiger partial charge is 0.336 e.